The standard InChI is InChI=1S/C22H28F3NO3/c1-28-4-5-29-19-3-2-17(22(23,24)25)9-18(19)26-20(27)13-21-10-14-6-15(11-21)8-16(7-14)12-21/h2-3,9,14-16H,4-8,10-13H2,1H3,(H,26,27). The molecule has 4 aliphatic rings. The highest BCUT2D eigenvalue weighted by atomic mass is 19.4. The molecule has 0 atom stereocenters. The van der Waals surface area contributed by atoms with Crippen LogP contribution >= 0.6 is 0 Å². The van der Waals surface area contributed by atoms with Crippen LogP contribution in [0.1, 0.15) is 50.5 Å². The van der Waals surface area contributed by atoms with Crippen LogP contribution in [0.15, 0.2) is 18.2 Å². The summed E-state index contributed by atoms with van der Waals surface area (Å²) in [6, 6.07) is 3.19. The summed E-state index contributed by atoms with van der Waals surface area (Å²) in [5.74, 6) is 2.17. The molecule has 0 spiro atoms. The summed E-state index contributed by atoms with van der Waals surface area (Å²) in [6.07, 6.45) is 2.98. The number of hydrogen-bond donors (Lipinski definition) is 1. The molecule has 1 aromatic rings. The predicted molar refractivity (Wildman–Crippen MR) is 103 cm³/mol. The first-order chi connectivity index (χ1) is 13.8. The number of methoxy groups -OCH3 is 1. The first-order valence-corrected chi connectivity index (χ1v) is 10.4. The Kier molecular flexibility index (Phi) is 5.53. The van der Waals surface area contributed by atoms with Crippen LogP contribution in [0.2, 0.25) is 0 Å². The van der Waals surface area contributed by atoms with Crippen LogP contribution in [0.4, 0.5) is 18.9 Å². The van der Waals surface area contributed by atoms with Gasteiger partial charge in [-0.05, 0) is 79.9 Å². The number of rotatable bonds is 7. The molecule has 4 aliphatic carbocycles. The van der Waals surface area contributed by atoms with E-state index in [-0.39, 0.29) is 29.4 Å². The monoisotopic (exact) mass is 411 g/mol. The van der Waals surface area contributed by atoms with Gasteiger partial charge in [-0.2, -0.15) is 13.2 Å². The molecule has 0 radical (unpaired) electrons. The zero-order valence-electron chi connectivity index (χ0n) is 16.7. The third-order valence-electron chi connectivity index (χ3n) is 6.83. The first-order valence-electron chi connectivity index (χ1n) is 10.4. The molecular weight excluding hydrogens is 383 g/mol. The van der Waals surface area contributed by atoms with E-state index in [4.69, 9.17) is 9.47 Å². The van der Waals surface area contributed by atoms with Crippen molar-refractivity contribution in [2.45, 2.75) is 51.1 Å². The number of hydrogen-bond acceptors (Lipinski definition) is 3. The molecule has 4 saturated carbocycles. The molecule has 5 rings (SSSR count). The maximum atomic E-state index is 13.2. The van der Waals surface area contributed by atoms with Gasteiger partial charge in [-0.3, -0.25) is 4.79 Å². The average molecular weight is 411 g/mol. The van der Waals surface area contributed by atoms with Crippen molar-refractivity contribution in [1.82, 2.24) is 0 Å². The zero-order valence-corrected chi connectivity index (χ0v) is 16.7. The van der Waals surface area contributed by atoms with Gasteiger partial charge >= 0.3 is 6.18 Å². The number of ether oxygens (including phenoxy) is 2. The summed E-state index contributed by atoms with van der Waals surface area (Å²) in [5, 5.41) is 2.72. The van der Waals surface area contributed by atoms with Crippen molar-refractivity contribution in [2.75, 3.05) is 25.6 Å². The lowest BCUT2D eigenvalue weighted by molar-refractivity contribution is -0.137. The highest BCUT2D eigenvalue weighted by Crippen LogP contribution is 2.61. The number of anilines is 1. The third kappa shape index (κ3) is 4.55. The molecule has 0 aromatic heterocycles. The van der Waals surface area contributed by atoms with Gasteiger partial charge in [0.2, 0.25) is 5.91 Å². The number of halogens is 3. The number of alkyl halides is 3. The molecule has 0 aliphatic heterocycles. The van der Waals surface area contributed by atoms with Gasteiger partial charge in [0.1, 0.15) is 12.4 Å². The molecule has 29 heavy (non-hydrogen) atoms. The van der Waals surface area contributed by atoms with Crippen molar-refractivity contribution in [3.8, 4) is 5.75 Å². The molecule has 0 unspecified atom stereocenters. The fourth-order valence-corrected chi connectivity index (χ4v) is 6.21. The third-order valence-corrected chi connectivity index (χ3v) is 6.83. The molecule has 1 aromatic carbocycles. The lowest BCUT2D eigenvalue weighted by atomic mass is 9.49. The zero-order chi connectivity index (χ0) is 20.6. The first kappa shape index (κ1) is 20.5. The summed E-state index contributed by atoms with van der Waals surface area (Å²) in [4.78, 5) is 12.9. The summed E-state index contributed by atoms with van der Waals surface area (Å²) in [6.45, 7) is 0.501. The van der Waals surface area contributed by atoms with Gasteiger partial charge in [0.15, 0.2) is 0 Å². The Labute approximate surface area is 169 Å². The van der Waals surface area contributed by atoms with E-state index in [1.165, 1.54) is 32.4 Å². The van der Waals surface area contributed by atoms with E-state index in [1.807, 2.05) is 0 Å². The molecule has 160 valence electrons. The van der Waals surface area contributed by atoms with Gasteiger partial charge in [0.25, 0.3) is 0 Å². The second-order valence-corrected chi connectivity index (χ2v) is 9.19. The number of carbonyl (C=O) groups is 1. The van der Waals surface area contributed by atoms with Crippen LogP contribution in [0.5, 0.6) is 5.75 Å². The van der Waals surface area contributed by atoms with Gasteiger partial charge in [-0.25, -0.2) is 0 Å². The lowest BCUT2D eigenvalue weighted by Gasteiger charge is -2.56. The molecule has 0 heterocycles. The van der Waals surface area contributed by atoms with Crippen LogP contribution in [-0.2, 0) is 15.7 Å². The van der Waals surface area contributed by atoms with Gasteiger partial charge in [0.05, 0.1) is 17.9 Å². The number of benzene rings is 1. The van der Waals surface area contributed by atoms with Crippen molar-refractivity contribution in [3.05, 3.63) is 23.8 Å². The van der Waals surface area contributed by atoms with Gasteiger partial charge < -0.3 is 14.8 Å². The van der Waals surface area contributed by atoms with Gasteiger partial charge in [0, 0.05) is 13.5 Å². The summed E-state index contributed by atoms with van der Waals surface area (Å²) >= 11 is 0. The highest BCUT2D eigenvalue weighted by Gasteiger charge is 2.51. The van der Waals surface area contributed by atoms with E-state index in [9.17, 15) is 18.0 Å². The largest absolute Gasteiger partial charge is 0.489 e. The van der Waals surface area contributed by atoms with Gasteiger partial charge in [-0.15, -0.1) is 0 Å². The topological polar surface area (TPSA) is 47.6 Å². The maximum absolute atomic E-state index is 13.2. The molecule has 1 amide bonds. The Balaban J connectivity index is 1.49. The Bertz CT molecular complexity index is 727. The van der Waals surface area contributed by atoms with Crippen LogP contribution in [-0.4, -0.2) is 26.2 Å². The van der Waals surface area contributed by atoms with Crippen LogP contribution in [0.3, 0.4) is 0 Å². The van der Waals surface area contributed by atoms with E-state index < -0.39 is 11.7 Å². The van der Waals surface area contributed by atoms with Crippen molar-refractivity contribution in [3.63, 3.8) is 0 Å². The van der Waals surface area contributed by atoms with Crippen LogP contribution < -0.4 is 10.1 Å². The highest BCUT2D eigenvalue weighted by molar-refractivity contribution is 5.93. The summed E-state index contributed by atoms with van der Waals surface area (Å²) in [5.41, 5.74) is -0.704. The van der Waals surface area contributed by atoms with Crippen molar-refractivity contribution < 1.29 is 27.4 Å². The van der Waals surface area contributed by atoms with Crippen molar-refractivity contribution in [2.24, 2.45) is 23.2 Å². The smallest absolute Gasteiger partial charge is 0.416 e. The molecule has 4 bridgehead atoms. The Morgan fingerprint density at radius 2 is 1.72 bits per heavy atom. The van der Waals surface area contributed by atoms with E-state index in [1.54, 1.807) is 0 Å². The lowest BCUT2D eigenvalue weighted by Crippen LogP contribution is -2.47. The molecule has 4 nitrogen and oxygen atoms in total. The fraction of sp³-hybridized carbons (Fsp3) is 0.682. The van der Waals surface area contributed by atoms with Crippen LogP contribution in [0.25, 0.3) is 0 Å². The minimum Gasteiger partial charge on any atom is -0.489 e. The van der Waals surface area contributed by atoms with E-state index in [0.717, 1.165) is 49.1 Å². The molecule has 1 N–H and O–H groups in total. The second kappa shape index (κ2) is 7.82. The van der Waals surface area contributed by atoms with E-state index in [0.29, 0.717) is 13.0 Å². The fourth-order valence-electron chi connectivity index (χ4n) is 6.21. The van der Waals surface area contributed by atoms with Gasteiger partial charge in [-0.1, -0.05) is 0 Å². The molecular formula is C22H28F3NO3. The Morgan fingerprint density at radius 1 is 1.10 bits per heavy atom. The Morgan fingerprint density at radius 3 is 2.28 bits per heavy atom. The average Bonchev–Trinajstić information content (AvgIpc) is 2.60. The Hall–Kier alpha value is -1.76. The van der Waals surface area contributed by atoms with E-state index >= 15 is 0 Å². The predicted octanol–water partition coefficient (Wildman–Crippen LogP) is 5.28. The minimum atomic E-state index is -4.48. The van der Waals surface area contributed by atoms with Crippen molar-refractivity contribution in [1.29, 1.82) is 0 Å². The second-order valence-electron chi connectivity index (χ2n) is 9.19. The molecule has 0 saturated heterocycles. The van der Waals surface area contributed by atoms with Crippen molar-refractivity contribution >= 4 is 11.6 Å². The number of carbonyl (C=O) groups excluding carboxylic acids is 1. The number of amides is 1. The van der Waals surface area contributed by atoms with E-state index in [2.05, 4.69) is 5.32 Å². The number of nitrogens with one attached hydrogen (secondary N) is 1. The normalized spacial score (nSPS) is 30.4. The molecule has 4 fully saturated rings. The maximum Gasteiger partial charge on any atom is 0.416 e. The molecule has 7 heteroatoms. The SMILES string of the molecule is COCCOc1ccc(C(F)(F)F)cc1NC(=O)CC12CC3CC(CC(C3)C1)C2. The minimum absolute atomic E-state index is 0.0253. The van der Waals surface area contributed by atoms with Crippen LogP contribution in [0, 0.1) is 23.2 Å². The summed E-state index contributed by atoms with van der Waals surface area (Å²) in [7, 11) is 1.52. The summed E-state index contributed by atoms with van der Waals surface area (Å²) < 4.78 is 49.9. The quantitative estimate of drug-likeness (QED) is 0.622.